The molecule has 0 unspecified atom stereocenters. The lowest BCUT2D eigenvalue weighted by atomic mass is 10.2. The minimum Gasteiger partial charge on any atom is -0.360 e. The number of sulfonamides is 1. The number of rotatable bonds is 4. The molecule has 21 heavy (non-hydrogen) atoms. The Balaban J connectivity index is 2.43. The summed E-state index contributed by atoms with van der Waals surface area (Å²) in [5.74, 6) is 0.303. The summed E-state index contributed by atoms with van der Waals surface area (Å²) in [7, 11) is -2.11. The summed E-state index contributed by atoms with van der Waals surface area (Å²) in [4.78, 5) is 5.61. The van der Waals surface area contributed by atoms with Gasteiger partial charge in [0.2, 0.25) is 10.0 Å². The van der Waals surface area contributed by atoms with Crippen molar-refractivity contribution in [3.63, 3.8) is 0 Å². The van der Waals surface area contributed by atoms with Gasteiger partial charge in [-0.15, -0.1) is 11.3 Å². The second kappa shape index (κ2) is 5.51. The van der Waals surface area contributed by atoms with Crippen LogP contribution in [0, 0.1) is 27.7 Å². The normalized spacial score (nSPS) is 13.9. The fraction of sp³-hybridized carbons (Fsp3) is 0.538. The fourth-order valence-corrected chi connectivity index (χ4v) is 4.82. The molecule has 0 bridgehead atoms. The van der Waals surface area contributed by atoms with E-state index in [4.69, 9.17) is 4.52 Å². The zero-order valence-electron chi connectivity index (χ0n) is 13.0. The fourth-order valence-electron chi connectivity index (χ4n) is 2.30. The van der Waals surface area contributed by atoms with Gasteiger partial charge in [0, 0.05) is 11.9 Å². The van der Waals surface area contributed by atoms with E-state index < -0.39 is 10.0 Å². The first kappa shape index (κ1) is 16.1. The number of nitrogens with zero attached hydrogens (tertiary/aromatic N) is 3. The Bertz CT molecular complexity index is 742. The van der Waals surface area contributed by atoms with Gasteiger partial charge in [0.1, 0.15) is 10.6 Å². The highest BCUT2D eigenvalue weighted by Crippen LogP contribution is 2.31. The molecule has 0 spiro atoms. The van der Waals surface area contributed by atoms with Crippen LogP contribution >= 0.6 is 11.3 Å². The lowest BCUT2D eigenvalue weighted by Crippen LogP contribution is -2.31. The Morgan fingerprint density at radius 3 is 2.29 bits per heavy atom. The molecule has 0 aliphatic carbocycles. The summed E-state index contributed by atoms with van der Waals surface area (Å²) in [5.41, 5.74) is 1.16. The van der Waals surface area contributed by atoms with Crippen LogP contribution in [0.5, 0.6) is 0 Å². The molecule has 2 aromatic heterocycles. The molecule has 0 radical (unpaired) electrons. The van der Waals surface area contributed by atoms with Crippen LogP contribution in [0.1, 0.15) is 40.0 Å². The van der Waals surface area contributed by atoms with Crippen molar-refractivity contribution in [1.82, 2.24) is 14.4 Å². The van der Waals surface area contributed by atoms with Gasteiger partial charge in [-0.3, -0.25) is 0 Å². The van der Waals surface area contributed by atoms with Gasteiger partial charge in [-0.05, 0) is 34.6 Å². The van der Waals surface area contributed by atoms with Crippen LogP contribution in [0.25, 0.3) is 0 Å². The highest BCUT2D eigenvalue weighted by Gasteiger charge is 2.33. The third-order valence-electron chi connectivity index (χ3n) is 3.49. The predicted molar refractivity (Wildman–Crippen MR) is 80.9 cm³/mol. The summed E-state index contributed by atoms with van der Waals surface area (Å²) < 4.78 is 31.8. The molecule has 2 aromatic rings. The van der Waals surface area contributed by atoms with Gasteiger partial charge in [0.05, 0.1) is 16.7 Å². The summed E-state index contributed by atoms with van der Waals surface area (Å²) in [5, 5.41) is 4.65. The maximum atomic E-state index is 12.8. The first-order valence-corrected chi connectivity index (χ1v) is 8.76. The largest absolute Gasteiger partial charge is 0.360 e. The third kappa shape index (κ3) is 2.75. The average Bonchev–Trinajstić information content (AvgIpc) is 2.90. The van der Waals surface area contributed by atoms with Crippen molar-refractivity contribution >= 4 is 21.4 Å². The van der Waals surface area contributed by atoms with Crippen molar-refractivity contribution in [3.05, 3.63) is 27.0 Å². The van der Waals surface area contributed by atoms with Crippen LogP contribution in [-0.4, -0.2) is 29.9 Å². The third-order valence-corrected chi connectivity index (χ3v) is 6.56. The minimum absolute atomic E-state index is 0.140. The van der Waals surface area contributed by atoms with Crippen LogP contribution in [0.15, 0.2) is 9.42 Å². The Hall–Kier alpha value is -1.25. The molecule has 0 N–H and O–H groups in total. The molecule has 8 heteroatoms. The molecule has 6 nitrogen and oxygen atoms in total. The molecule has 0 aliphatic rings. The standard InChI is InChI=1S/C13H19N3O3S2/c1-7-13(9(3)19-15-7)21(17,18)16(6)8(2)12-10(4)20-11(5)14-12/h8H,1-6H3/t8-/m0/s1. The lowest BCUT2D eigenvalue weighted by Gasteiger charge is -2.23. The van der Waals surface area contributed by atoms with Crippen LogP contribution in [0.4, 0.5) is 0 Å². The van der Waals surface area contributed by atoms with Gasteiger partial charge in [-0.2, -0.15) is 4.31 Å². The first-order valence-electron chi connectivity index (χ1n) is 6.51. The van der Waals surface area contributed by atoms with Crippen LogP contribution < -0.4 is 0 Å². The summed E-state index contributed by atoms with van der Waals surface area (Å²) in [6.45, 7) is 8.92. The van der Waals surface area contributed by atoms with Gasteiger partial charge in [0.25, 0.3) is 0 Å². The Kier molecular flexibility index (Phi) is 4.23. The van der Waals surface area contributed by atoms with Gasteiger partial charge < -0.3 is 4.52 Å². The zero-order chi connectivity index (χ0) is 15.9. The maximum Gasteiger partial charge on any atom is 0.248 e. The molecule has 0 aromatic carbocycles. The van der Waals surface area contributed by atoms with Gasteiger partial charge in [0.15, 0.2) is 5.76 Å². The van der Waals surface area contributed by atoms with E-state index in [-0.39, 0.29) is 10.9 Å². The van der Waals surface area contributed by atoms with E-state index in [0.29, 0.717) is 11.5 Å². The molecule has 2 rings (SSSR count). The van der Waals surface area contributed by atoms with Gasteiger partial charge in [-0.1, -0.05) is 5.16 Å². The van der Waals surface area contributed by atoms with Crippen LogP contribution in [-0.2, 0) is 10.0 Å². The number of hydrogen-bond donors (Lipinski definition) is 0. The van der Waals surface area contributed by atoms with Crippen LogP contribution in [0.2, 0.25) is 0 Å². The van der Waals surface area contributed by atoms with Gasteiger partial charge in [-0.25, -0.2) is 13.4 Å². The molecule has 0 aliphatic heterocycles. The van der Waals surface area contributed by atoms with E-state index in [1.165, 1.54) is 4.31 Å². The van der Waals surface area contributed by atoms with Crippen LogP contribution in [0.3, 0.4) is 0 Å². The smallest absolute Gasteiger partial charge is 0.248 e. The summed E-state index contributed by atoms with van der Waals surface area (Å²) in [6, 6.07) is -0.353. The SMILES string of the molecule is Cc1nc([C@H](C)N(C)S(=O)(=O)c2c(C)noc2C)c(C)s1. The second-order valence-electron chi connectivity index (χ2n) is 5.02. The molecule has 0 amide bonds. The molecular formula is C13H19N3O3S2. The molecule has 1 atom stereocenters. The monoisotopic (exact) mass is 329 g/mol. The van der Waals surface area contributed by atoms with E-state index in [1.54, 1.807) is 32.2 Å². The van der Waals surface area contributed by atoms with E-state index in [0.717, 1.165) is 15.6 Å². The van der Waals surface area contributed by atoms with Gasteiger partial charge >= 0.3 is 0 Å². The Labute approximate surface area is 128 Å². The minimum atomic E-state index is -3.67. The molecule has 0 saturated heterocycles. The summed E-state index contributed by atoms with van der Waals surface area (Å²) >= 11 is 1.57. The first-order chi connectivity index (χ1) is 9.66. The average molecular weight is 329 g/mol. The highest BCUT2D eigenvalue weighted by molar-refractivity contribution is 7.89. The Morgan fingerprint density at radius 1 is 1.24 bits per heavy atom. The quantitative estimate of drug-likeness (QED) is 0.862. The highest BCUT2D eigenvalue weighted by atomic mass is 32.2. The topological polar surface area (TPSA) is 76.3 Å². The number of thiazole rings is 1. The van der Waals surface area contributed by atoms with E-state index in [1.807, 2.05) is 20.8 Å². The van der Waals surface area contributed by atoms with Crippen molar-refractivity contribution in [1.29, 1.82) is 0 Å². The second-order valence-corrected chi connectivity index (χ2v) is 8.37. The van der Waals surface area contributed by atoms with Crippen molar-refractivity contribution in [3.8, 4) is 0 Å². The van der Waals surface area contributed by atoms with E-state index in [2.05, 4.69) is 10.1 Å². The molecule has 0 saturated carbocycles. The number of aromatic nitrogens is 2. The number of aryl methyl sites for hydroxylation is 4. The van der Waals surface area contributed by atoms with Crippen molar-refractivity contribution < 1.29 is 12.9 Å². The predicted octanol–water partition coefficient (Wildman–Crippen LogP) is 2.75. The summed E-state index contributed by atoms with van der Waals surface area (Å²) in [6.07, 6.45) is 0. The molecule has 0 fully saturated rings. The van der Waals surface area contributed by atoms with Crippen molar-refractivity contribution in [2.75, 3.05) is 7.05 Å². The zero-order valence-corrected chi connectivity index (χ0v) is 14.6. The lowest BCUT2D eigenvalue weighted by molar-refractivity contribution is 0.382. The Morgan fingerprint density at radius 2 is 1.86 bits per heavy atom. The van der Waals surface area contributed by atoms with E-state index in [9.17, 15) is 8.42 Å². The molecular weight excluding hydrogens is 310 g/mol. The van der Waals surface area contributed by atoms with Crippen molar-refractivity contribution in [2.45, 2.75) is 45.6 Å². The van der Waals surface area contributed by atoms with Crippen molar-refractivity contribution in [2.24, 2.45) is 0 Å². The molecule has 2 heterocycles. The maximum absolute atomic E-state index is 12.8. The van der Waals surface area contributed by atoms with E-state index >= 15 is 0 Å². The number of hydrogen-bond acceptors (Lipinski definition) is 6. The molecule has 116 valence electrons.